The molecule has 0 atom stereocenters. The van der Waals surface area contributed by atoms with Crippen molar-refractivity contribution in [2.24, 2.45) is 0 Å². The molecular formula is C42H29NO. The average Bonchev–Trinajstić information content (AvgIpc) is 3.48. The summed E-state index contributed by atoms with van der Waals surface area (Å²) in [5.74, 6) is 0. The summed E-state index contributed by atoms with van der Waals surface area (Å²) in [5, 5.41) is 2.25. The number of nitrogens with zero attached hydrogens (tertiary/aromatic N) is 1. The molecular weight excluding hydrogens is 534 g/mol. The van der Waals surface area contributed by atoms with Gasteiger partial charge in [-0.25, -0.2) is 0 Å². The van der Waals surface area contributed by atoms with Gasteiger partial charge < -0.3 is 9.32 Å². The van der Waals surface area contributed by atoms with Gasteiger partial charge in [-0.3, -0.25) is 0 Å². The summed E-state index contributed by atoms with van der Waals surface area (Å²) < 4.78 is 6.35. The van der Waals surface area contributed by atoms with E-state index in [0.717, 1.165) is 44.6 Å². The van der Waals surface area contributed by atoms with Crippen LogP contribution in [0.2, 0.25) is 0 Å². The molecule has 0 fully saturated rings. The van der Waals surface area contributed by atoms with Gasteiger partial charge in [0.05, 0.1) is 5.69 Å². The minimum Gasteiger partial charge on any atom is -0.456 e. The maximum Gasteiger partial charge on any atom is 0.137 e. The third-order valence-corrected chi connectivity index (χ3v) is 8.28. The molecule has 0 aliphatic carbocycles. The molecule has 0 amide bonds. The highest BCUT2D eigenvalue weighted by Crippen LogP contribution is 2.46. The molecule has 0 spiro atoms. The summed E-state index contributed by atoms with van der Waals surface area (Å²) in [6.07, 6.45) is 0. The van der Waals surface area contributed by atoms with Crippen LogP contribution in [-0.4, -0.2) is 0 Å². The zero-order valence-corrected chi connectivity index (χ0v) is 24.1. The van der Waals surface area contributed by atoms with E-state index in [-0.39, 0.29) is 0 Å². The van der Waals surface area contributed by atoms with Gasteiger partial charge in [-0.2, -0.15) is 0 Å². The molecule has 7 aromatic carbocycles. The van der Waals surface area contributed by atoms with Crippen LogP contribution in [-0.2, 0) is 0 Å². The third kappa shape index (κ3) is 4.63. The van der Waals surface area contributed by atoms with Gasteiger partial charge in [-0.1, -0.05) is 133 Å². The van der Waals surface area contributed by atoms with E-state index in [1.54, 1.807) is 0 Å². The number of anilines is 3. The number of hydrogen-bond donors (Lipinski definition) is 0. The number of para-hydroxylation sites is 2. The Balaban J connectivity index is 1.36. The fourth-order valence-electron chi connectivity index (χ4n) is 6.21. The fraction of sp³-hybridized carbons (Fsp3) is 0. The summed E-state index contributed by atoms with van der Waals surface area (Å²) in [6, 6.07) is 62.1. The minimum atomic E-state index is 0.873. The van der Waals surface area contributed by atoms with Gasteiger partial charge in [0.1, 0.15) is 11.2 Å². The van der Waals surface area contributed by atoms with Crippen LogP contribution in [0.3, 0.4) is 0 Å². The van der Waals surface area contributed by atoms with E-state index in [0.29, 0.717) is 0 Å². The molecule has 0 unspecified atom stereocenters. The Morgan fingerprint density at radius 3 is 1.70 bits per heavy atom. The normalized spacial score (nSPS) is 11.2. The molecule has 8 rings (SSSR count). The van der Waals surface area contributed by atoms with E-state index in [2.05, 4.69) is 169 Å². The monoisotopic (exact) mass is 563 g/mol. The SMILES string of the molecule is c1ccc(-c2ccc(-c3c(-c4ccccc4)cccc3N(c3ccccc3)c3ccc4c(c3)oc3ccccc34)cc2)cc1. The van der Waals surface area contributed by atoms with E-state index >= 15 is 0 Å². The Morgan fingerprint density at radius 2 is 0.955 bits per heavy atom. The summed E-state index contributed by atoms with van der Waals surface area (Å²) in [4.78, 5) is 2.35. The first kappa shape index (κ1) is 25.8. The second-order valence-electron chi connectivity index (χ2n) is 11.0. The van der Waals surface area contributed by atoms with Crippen LogP contribution in [0.5, 0.6) is 0 Å². The predicted molar refractivity (Wildman–Crippen MR) is 185 cm³/mol. The van der Waals surface area contributed by atoms with Gasteiger partial charge in [-0.15, -0.1) is 0 Å². The van der Waals surface area contributed by atoms with Gasteiger partial charge >= 0.3 is 0 Å². The molecule has 0 N–H and O–H groups in total. The second kappa shape index (κ2) is 11.1. The van der Waals surface area contributed by atoms with Crippen molar-refractivity contribution in [3.8, 4) is 33.4 Å². The summed E-state index contributed by atoms with van der Waals surface area (Å²) in [7, 11) is 0. The van der Waals surface area contributed by atoms with Crippen LogP contribution < -0.4 is 4.90 Å². The Morgan fingerprint density at radius 1 is 0.364 bits per heavy atom. The molecule has 1 aromatic heterocycles. The van der Waals surface area contributed by atoms with E-state index in [1.165, 1.54) is 27.8 Å². The third-order valence-electron chi connectivity index (χ3n) is 8.28. The quantitative estimate of drug-likeness (QED) is 0.200. The topological polar surface area (TPSA) is 16.4 Å². The van der Waals surface area contributed by atoms with Crippen molar-refractivity contribution in [1.82, 2.24) is 0 Å². The van der Waals surface area contributed by atoms with Crippen molar-refractivity contribution in [2.75, 3.05) is 4.90 Å². The molecule has 0 aliphatic heterocycles. The maximum absolute atomic E-state index is 6.35. The Hall–Kier alpha value is -5.86. The molecule has 2 nitrogen and oxygen atoms in total. The van der Waals surface area contributed by atoms with Crippen molar-refractivity contribution < 1.29 is 4.42 Å². The Bertz CT molecular complexity index is 2200. The fourth-order valence-corrected chi connectivity index (χ4v) is 6.21. The van der Waals surface area contributed by atoms with Gasteiger partial charge in [-0.05, 0) is 64.2 Å². The van der Waals surface area contributed by atoms with Crippen molar-refractivity contribution in [2.45, 2.75) is 0 Å². The van der Waals surface area contributed by atoms with Crippen LogP contribution in [0.4, 0.5) is 17.1 Å². The molecule has 0 saturated heterocycles. The lowest BCUT2D eigenvalue weighted by Crippen LogP contribution is -2.11. The van der Waals surface area contributed by atoms with E-state index < -0.39 is 0 Å². The summed E-state index contributed by atoms with van der Waals surface area (Å²) in [5.41, 5.74) is 12.1. The molecule has 0 radical (unpaired) electrons. The first-order valence-corrected chi connectivity index (χ1v) is 14.9. The number of fused-ring (bicyclic) bond motifs is 3. The average molecular weight is 564 g/mol. The van der Waals surface area contributed by atoms with Crippen molar-refractivity contribution in [3.05, 3.63) is 176 Å². The standard InChI is InChI=1S/C42H29NO/c1-4-13-30(14-5-1)31-23-25-33(26-24-31)42-36(32-15-6-2-7-16-32)20-12-21-39(42)43(34-17-8-3-9-18-34)35-27-28-38-37-19-10-11-22-40(37)44-41(38)29-35/h1-29H. The lowest BCUT2D eigenvalue weighted by molar-refractivity contribution is 0.669. The van der Waals surface area contributed by atoms with Crippen LogP contribution in [0, 0.1) is 0 Å². The molecule has 0 bridgehead atoms. The molecule has 0 aliphatic rings. The molecule has 44 heavy (non-hydrogen) atoms. The van der Waals surface area contributed by atoms with E-state index in [1.807, 2.05) is 12.1 Å². The number of furan rings is 1. The van der Waals surface area contributed by atoms with Gasteiger partial charge in [0.15, 0.2) is 0 Å². The zero-order chi connectivity index (χ0) is 29.3. The zero-order valence-electron chi connectivity index (χ0n) is 24.1. The van der Waals surface area contributed by atoms with Crippen LogP contribution >= 0.6 is 0 Å². The molecule has 0 saturated carbocycles. The first-order valence-electron chi connectivity index (χ1n) is 14.9. The van der Waals surface area contributed by atoms with Crippen LogP contribution in [0.25, 0.3) is 55.3 Å². The lowest BCUT2D eigenvalue weighted by atomic mass is 9.91. The lowest BCUT2D eigenvalue weighted by Gasteiger charge is -2.29. The van der Waals surface area contributed by atoms with Gasteiger partial charge in [0.2, 0.25) is 0 Å². The van der Waals surface area contributed by atoms with E-state index in [4.69, 9.17) is 4.42 Å². The Labute approximate surface area is 257 Å². The molecule has 1 heterocycles. The highest BCUT2D eigenvalue weighted by atomic mass is 16.3. The molecule has 2 heteroatoms. The number of benzene rings is 7. The second-order valence-corrected chi connectivity index (χ2v) is 11.0. The number of rotatable bonds is 6. The molecule has 208 valence electrons. The van der Waals surface area contributed by atoms with Crippen molar-refractivity contribution in [3.63, 3.8) is 0 Å². The summed E-state index contributed by atoms with van der Waals surface area (Å²) >= 11 is 0. The largest absolute Gasteiger partial charge is 0.456 e. The van der Waals surface area contributed by atoms with Gasteiger partial charge in [0, 0.05) is 33.8 Å². The van der Waals surface area contributed by atoms with Crippen LogP contribution in [0.1, 0.15) is 0 Å². The van der Waals surface area contributed by atoms with Crippen molar-refractivity contribution in [1.29, 1.82) is 0 Å². The van der Waals surface area contributed by atoms with Gasteiger partial charge in [0.25, 0.3) is 0 Å². The Kier molecular flexibility index (Phi) is 6.51. The summed E-state index contributed by atoms with van der Waals surface area (Å²) in [6.45, 7) is 0. The molecule has 8 aromatic rings. The van der Waals surface area contributed by atoms with Crippen LogP contribution in [0.15, 0.2) is 180 Å². The minimum absolute atomic E-state index is 0.873. The predicted octanol–water partition coefficient (Wildman–Crippen LogP) is 12.1. The highest BCUT2D eigenvalue weighted by molar-refractivity contribution is 6.06. The maximum atomic E-state index is 6.35. The van der Waals surface area contributed by atoms with E-state index in [9.17, 15) is 0 Å². The first-order chi connectivity index (χ1) is 21.8. The van der Waals surface area contributed by atoms with Crippen molar-refractivity contribution >= 4 is 39.0 Å². The number of hydrogen-bond acceptors (Lipinski definition) is 2. The smallest absolute Gasteiger partial charge is 0.137 e. The highest BCUT2D eigenvalue weighted by Gasteiger charge is 2.21.